The molecule has 0 aliphatic rings. The molecule has 3 rings (SSSR count). The zero-order valence-corrected chi connectivity index (χ0v) is 18.2. The molecule has 0 fully saturated rings. The van der Waals surface area contributed by atoms with Gasteiger partial charge in [-0.1, -0.05) is 55.5 Å². The molecule has 0 bridgehead atoms. The number of hydrogen-bond donors (Lipinski definition) is 1. The normalized spacial score (nSPS) is 12.4. The van der Waals surface area contributed by atoms with Crippen LogP contribution in [0.3, 0.4) is 0 Å². The van der Waals surface area contributed by atoms with Gasteiger partial charge < -0.3 is 10.1 Å². The lowest BCUT2D eigenvalue weighted by Gasteiger charge is -2.30. The van der Waals surface area contributed by atoms with Crippen LogP contribution in [0.15, 0.2) is 66.7 Å². The molecule has 164 valence electrons. The standard InChI is InChI=1S/C23H25FN2O4S/c1-3-20(26(31(2,28)29)21-13-7-6-12-19(21)24)23(27)25-15-16-30-22-14-8-10-17-9-4-5-11-18(17)22/h4-14,20H,3,15-16H2,1-2H3,(H,25,27)/t20-/m1/s1. The molecule has 1 amide bonds. The minimum Gasteiger partial charge on any atom is -0.491 e. The Labute approximate surface area is 181 Å². The predicted molar refractivity (Wildman–Crippen MR) is 120 cm³/mol. The molecular formula is C23H25FN2O4S. The van der Waals surface area contributed by atoms with Crippen LogP contribution in [0, 0.1) is 5.82 Å². The van der Waals surface area contributed by atoms with Crippen molar-refractivity contribution in [3.63, 3.8) is 0 Å². The van der Waals surface area contributed by atoms with Gasteiger partial charge in [0, 0.05) is 5.39 Å². The van der Waals surface area contributed by atoms with Crippen LogP contribution in [0.4, 0.5) is 10.1 Å². The SMILES string of the molecule is CC[C@H](C(=O)NCCOc1cccc2ccccc12)N(c1ccccc1F)S(C)(=O)=O. The van der Waals surface area contributed by atoms with E-state index in [2.05, 4.69) is 5.32 Å². The molecule has 1 atom stereocenters. The Bertz CT molecular complexity index is 1160. The number of amides is 1. The van der Waals surface area contributed by atoms with E-state index in [1.807, 2.05) is 42.5 Å². The molecule has 8 heteroatoms. The highest BCUT2D eigenvalue weighted by molar-refractivity contribution is 7.92. The van der Waals surface area contributed by atoms with E-state index in [9.17, 15) is 17.6 Å². The fourth-order valence-corrected chi connectivity index (χ4v) is 4.65. The van der Waals surface area contributed by atoms with Gasteiger partial charge in [0.15, 0.2) is 0 Å². The van der Waals surface area contributed by atoms with Gasteiger partial charge in [0.05, 0.1) is 18.5 Å². The first-order valence-electron chi connectivity index (χ1n) is 9.95. The number of ether oxygens (including phenoxy) is 1. The first-order chi connectivity index (χ1) is 14.8. The van der Waals surface area contributed by atoms with Crippen LogP contribution in [-0.4, -0.2) is 39.8 Å². The van der Waals surface area contributed by atoms with Gasteiger partial charge >= 0.3 is 0 Å². The average Bonchev–Trinajstić information content (AvgIpc) is 2.75. The number of rotatable bonds is 9. The number of hydrogen-bond acceptors (Lipinski definition) is 4. The summed E-state index contributed by atoms with van der Waals surface area (Å²) >= 11 is 0. The lowest BCUT2D eigenvalue weighted by Crippen LogP contribution is -2.50. The smallest absolute Gasteiger partial charge is 0.244 e. The summed E-state index contributed by atoms with van der Waals surface area (Å²) < 4.78 is 45.7. The molecule has 0 radical (unpaired) electrons. The molecule has 6 nitrogen and oxygen atoms in total. The van der Waals surface area contributed by atoms with Gasteiger partial charge in [0.2, 0.25) is 15.9 Å². The first kappa shape index (κ1) is 22.6. The van der Waals surface area contributed by atoms with Crippen molar-refractivity contribution < 1.29 is 22.3 Å². The lowest BCUT2D eigenvalue weighted by atomic mass is 10.1. The first-order valence-corrected chi connectivity index (χ1v) is 11.8. The summed E-state index contributed by atoms with van der Waals surface area (Å²) in [5, 5.41) is 4.71. The van der Waals surface area contributed by atoms with Crippen molar-refractivity contribution in [3.05, 3.63) is 72.5 Å². The molecule has 0 aliphatic heterocycles. The number of benzene rings is 3. The number of nitrogens with one attached hydrogen (secondary N) is 1. The summed E-state index contributed by atoms with van der Waals surface area (Å²) in [6.45, 7) is 2.05. The van der Waals surface area contributed by atoms with Crippen molar-refractivity contribution in [1.82, 2.24) is 5.32 Å². The maximum absolute atomic E-state index is 14.3. The summed E-state index contributed by atoms with van der Waals surface area (Å²) in [7, 11) is -3.89. The van der Waals surface area contributed by atoms with Gasteiger partial charge in [-0.2, -0.15) is 0 Å². The summed E-state index contributed by atoms with van der Waals surface area (Å²) in [6, 6.07) is 17.9. The van der Waals surface area contributed by atoms with Crippen molar-refractivity contribution in [2.75, 3.05) is 23.7 Å². The Balaban J connectivity index is 1.68. The van der Waals surface area contributed by atoms with Gasteiger partial charge in [0.25, 0.3) is 0 Å². The molecule has 0 spiro atoms. The second-order valence-corrected chi connectivity index (χ2v) is 8.91. The number of fused-ring (bicyclic) bond motifs is 1. The molecule has 1 N–H and O–H groups in total. The number of halogens is 1. The minimum atomic E-state index is -3.89. The van der Waals surface area contributed by atoms with Crippen molar-refractivity contribution in [2.24, 2.45) is 0 Å². The largest absolute Gasteiger partial charge is 0.491 e. The summed E-state index contributed by atoms with van der Waals surface area (Å²) in [6.07, 6.45) is 1.14. The molecule has 0 saturated heterocycles. The van der Waals surface area contributed by atoms with Crippen molar-refractivity contribution in [2.45, 2.75) is 19.4 Å². The Morgan fingerprint density at radius 3 is 2.45 bits per heavy atom. The van der Waals surface area contributed by atoms with Gasteiger partial charge in [-0.3, -0.25) is 9.10 Å². The van der Waals surface area contributed by atoms with Crippen LogP contribution in [0.5, 0.6) is 5.75 Å². The highest BCUT2D eigenvalue weighted by Crippen LogP contribution is 2.26. The van der Waals surface area contributed by atoms with E-state index in [0.29, 0.717) is 5.75 Å². The quantitative estimate of drug-likeness (QED) is 0.511. The molecule has 31 heavy (non-hydrogen) atoms. The number of anilines is 1. The molecule has 3 aromatic carbocycles. The van der Waals surface area contributed by atoms with E-state index in [1.165, 1.54) is 18.2 Å². The number of carbonyl (C=O) groups excluding carboxylic acids is 1. The Morgan fingerprint density at radius 2 is 1.74 bits per heavy atom. The molecular weight excluding hydrogens is 419 g/mol. The van der Waals surface area contributed by atoms with Crippen molar-refractivity contribution in [3.8, 4) is 5.75 Å². The second kappa shape index (κ2) is 9.78. The highest BCUT2D eigenvalue weighted by Gasteiger charge is 2.32. The third kappa shape index (κ3) is 5.32. The summed E-state index contributed by atoms with van der Waals surface area (Å²) in [4.78, 5) is 12.8. The van der Waals surface area contributed by atoms with E-state index in [-0.39, 0.29) is 25.3 Å². The van der Waals surface area contributed by atoms with Gasteiger partial charge in [-0.05, 0) is 30.0 Å². The van der Waals surface area contributed by atoms with Crippen molar-refractivity contribution >= 4 is 32.4 Å². The zero-order valence-electron chi connectivity index (χ0n) is 17.4. The Kier molecular flexibility index (Phi) is 7.12. The monoisotopic (exact) mass is 444 g/mol. The highest BCUT2D eigenvalue weighted by atomic mass is 32.2. The number of para-hydroxylation sites is 1. The van der Waals surface area contributed by atoms with Crippen molar-refractivity contribution in [1.29, 1.82) is 0 Å². The maximum Gasteiger partial charge on any atom is 0.244 e. The Morgan fingerprint density at radius 1 is 1.06 bits per heavy atom. The van der Waals surface area contributed by atoms with E-state index in [0.717, 1.165) is 27.4 Å². The van der Waals surface area contributed by atoms with Crippen LogP contribution in [0.2, 0.25) is 0 Å². The topological polar surface area (TPSA) is 75.7 Å². The third-order valence-electron chi connectivity index (χ3n) is 4.83. The molecule has 3 aromatic rings. The number of carbonyl (C=O) groups is 1. The third-order valence-corrected chi connectivity index (χ3v) is 5.99. The summed E-state index contributed by atoms with van der Waals surface area (Å²) in [5.74, 6) is -0.528. The predicted octanol–water partition coefficient (Wildman–Crippen LogP) is 3.72. The van der Waals surface area contributed by atoms with E-state index in [1.54, 1.807) is 6.92 Å². The van der Waals surface area contributed by atoms with Crippen LogP contribution < -0.4 is 14.4 Å². The van der Waals surface area contributed by atoms with E-state index in [4.69, 9.17) is 4.74 Å². The molecule has 0 saturated carbocycles. The zero-order chi connectivity index (χ0) is 22.4. The summed E-state index contributed by atoms with van der Waals surface area (Å²) in [5.41, 5.74) is -0.154. The van der Waals surface area contributed by atoms with Gasteiger partial charge in [0.1, 0.15) is 24.2 Å². The average molecular weight is 445 g/mol. The number of sulfonamides is 1. The van der Waals surface area contributed by atoms with Crippen LogP contribution in [0.25, 0.3) is 10.8 Å². The van der Waals surface area contributed by atoms with Crippen LogP contribution in [0.1, 0.15) is 13.3 Å². The fraction of sp³-hybridized carbons (Fsp3) is 0.261. The fourth-order valence-electron chi connectivity index (χ4n) is 3.44. The maximum atomic E-state index is 14.3. The second-order valence-electron chi connectivity index (χ2n) is 7.05. The minimum absolute atomic E-state index is 0.154. The Hall–Kier alpha value is -3.13. The van der Waals surface area contributed by atoms with E-state index >= 15 is 0 Å². The lowest BCUT2D eigenvalue weighted by molar-refractivity contribution is -0.122. The van der Waals surface area contributed by atoms with Gasteiger partial charge in [-0.25, -0.2) is 12.8 Å². The van der Waals surface area contributed by atoms with Crippen LogP contribution in [-0.2, 0) is 14.8 Å². The van der Waals surface area contributed by atoms with Gasteiger partial charge in [-0.15, -0.1) is 0 Å². The molecule has 0 unspecified atom stereocenters. The molecule has 0 aromatic heterocycles. The van der Waals surface area contributed by atoms with Crippen LogP contribution >= 0.6 is 0 Å². The molecule has 0 heterocycles. The van der Waals surface area contributed by atoms with E-state index < -0.39 is 27.8 Å². The number of nitrogens with zero attached hydrogens (tertiary/aromatic N) is 1. The molecule has 0 aliphatic carbocycles.